The Morgan fingerprint density at radius 3 is 2.78 bits per heavy atom. The van der Waals surface area contributed by atoms with Crippen LogP contribution in [0.15, 0.2) is 42.5 Å². The maximum Gasteiger partial charge on any atom is 0.244 e. The van der Waals surface area contributed by atoms with E-state index in [1.165, 1.54) is 6.08 Å². The number of fused-ring (bicyclic) bond motifs is 1. The predicted octanol–water partition coefficient (Wildman–Crippen LogP) is 3.75. The van der Waals surface area contributed by atoms with Crippen molar-refractivity contribution in [2.45, 2.75) is 32.9 Å². The van der Waals surface area contributed by atoms with Crippen molar-refractivity contribution in [2.75, 3.05) is 13.7 Å². The van der Waals surface area contributed by atoms with Crippen molar-refractivity contribution in [3.8, 4) is 17.2 Å². The third-order valence-electron chi connectivity index (χ3n) is 4.37. The highest BCUT2D eigenvalue weighted by Crippen LogP contribution is 2.35. The smallest absolute Gasteiger partial charge is 0.244 e. The van der Waals surface area contributed by atoms with Crippen LogP contribution in [0.1, 0.15) is 30.5 Å². The lowest BCUT2D eigenvalue weighted by Gasteiger charge is -2.10. The first-order valence-electron chi connectivity index (χ1n) is 9.14. The zero-order valence-corrected chi connectivity index (χ0v) is 16.0. The summed E-state index contributed by atoms with van der Waals surface area (Å²) in [6, 6.07) is 11.5. The van der Waals surface area contributed by atoms with Crippen molar-refractivity contribution in [3.63, 3.8) is 0 Å². The number of hydrogen-bond donors (Lipinski definition) is 1. The van der Waals surface area contributed by atoms with Gasteiger partial charge in [0, 0.05) is 30.2 Å². The summed E-state index contributed by atoms with van der Waals surface area (Å²) in [7, 11) is 1.63. The molecule has 3 rings (SSSR count). The molecule has 1 aliphatic rings. The molecule has 0 unspecified atom stereocenters. The highest BCUT2D eigenvalue weighted by atomic mass is 16.5. The van der Waals surface area contributed by atoms with Gasteiger partial charge in [0.15, 0.2) is 0 Å². The molecule has 0 bridgehead atoms. The number of nitrogens with one attached hydrogen (secondary N) is 1. The van der Waals surface area contributed by atoms with Gasteiger partial charge in [0.2, 0.25) is 5.91 Å². The predicted molar refractivity (Wildman–Crippen MR) is 105 cm³/mol. The molecule has 0 saturated carbocycles. The molecule has 2 aromatic carbocycles. The number of carbonyl (C=O) groups is 1. The topological polar surface area (TPSA) is 56.8 Å². The van der Waals surface area contributed by atoms with Crippen LogP contribution in [0.2, 0.25) is 0 Å². The average Bonchev–Trinajstić information content (AvgIpc) is 3.04. The summed E-state index contributed by atoms with van der Waals surface area (Å²) in [4.78, 5) is 12.2. The van der Waals surface area contributed by atoms with Gasteiger partial charge in [-0.05, 0) is 49.8 Å². The van der Waals surface area contributed by atoms with E-state index < -0.39 is 0 Å². The lowest BCUT2D eigenvalue weighted by Crippen LogP contribution is -2.20. The van der Waals surface area contributed by atoms with Crippen LogP contribution in [0.4, 0.5) is 0 Å². The summed E-state index contributed by atoms with van der Waals surface area (Å²) in [5.74, 6) is 2.27. The third-order valence-corrected chi connectivity index (χ3v) is 4.37. The molecule has 1 aliphatic heterocycles. The quantitative estimate of drug-likeness (QED) is 0.758. The van der Waals surface area contributed by atoms with Crippen LogP contribution in [0.3, 0.4) is 0 Å². The molecule has 1 heterocycles. The van der Waals surface area contributed by atoms with Gasteiger partial charge in [-0.1, -0.05) is 12.1 Å². The van der Waals surface area contributed by atoms with Gasteiger partial charge in [0.25, 0.3) is 0 Å². The maximum atomic E-state index is 12.2. The van der Waals surface area contributed by atoms with Crippen molar-refractivity contribution in [1.29, 1.82) is 0 Å². The zero-order chi connectivity index (χ0) is 19.2. The van der Waals surface area contributed by atoms with Gasteiger partial charge in [-0.3, -0.25) is 4.79 Å². The summed E-state index contributed by atoms with van der Waals surface area (Å²) in [6.45, 7) is 5.01. The first-order chi connectivity index (χ1) is 13.1. The Bertz CT molecular complexity index is 827. The highest BCUT2D eigenvalue weighted by molar-refractivity contribution is 5.92. The monoisotopic (exact) mass is 367 g/mol. The van der Waals surface area contributed by atoms with Gasteiger partial charge in [0.1, 0.15) is 23.4 Å². The lowest BCUT2D eigenvalue weighted by atomic mass is 10.1. The molecule has 5 nitrogen and oxygen atoms in total. The van der Waals surface area contributed by atoms with Crippen LogP contribution in [0.5, 0.6) is 17.2 Å². The van der Waals surface area contributed by atoms with Gasteiger partial charge in [-0.2, -0.15) is 0 Å². The van der Waals surface area contributed by atoms with Crippen molar-refractivity contribution < 1.29 is 19.0 Å². The summed E-state index contributed by atoms with van der Waals surface area (Å²) in [5, 5.41) is 2.88. The van der Waals surface area contributed by atoms with Crippen molar-refractivity contribution in [2.24, 2.45) is 0 Å². The summed E-state index contributed by atoms with van der Waals surface area (Å²) in [6.07, 6.45) is 4.33. The van der Waals surface area contributed by atoms with Crippen LogP contribution in [-0.2, 0) is 17.8 Å². The molecule has 0 fully saturated rings. The maximum absolute atomic E-state index is 12.2. The van der Waals surface area contributed by atoms with Crippen LogP contribution in [-0.4, -0.2) is 25.7 Å². The van der Waals surface area contributed by atoms with E-state index in [0.29, 0.717) is 13.2 Å². The molecule has 5 heteroatoms. The highest BCUT2D eigenvalue weighted by Gasteiger charge is 2.21. The van der Waals surface area contributed by atoms with Gasteiger partial charge >= 0.3 is 0 Å². The zero-order valence-electron chi connectivity index (χ0n) is 16.0. The van der Waals surface area contributed by atoms with E-state index in [2.05, 4.69) is 5.32 Å². The Balaban J connectivity index is 1.65. The summed E-state index contributed by atoms with van der Waals surface area (Å²) < 4.78 is 16.7. The molecule has 1 N–H and O–H groups in total. The SMILES string of the molecule is CCOc1cc2c(cc1/C=C/C(=O)NCc1ccc(OC)cc1)O[C@H](C)C2. The summed E-state index contributed by atoms with van der Waals surface area (Å²) >= 11 is 0. The fourth-order valence-electron chi connectivity index (χ4n) is 3.02. The van der Waals surface area contributed by atoms with Crippen molar-refractivity contribution in [1.82, 2.24) is 5.32 Å². The largest absolute Gasteiger partial charge is 0.497 e. The first kappa shape index (κ1) is 18.8. The molecule has 0 saturated heterocycles. The van der Waals surface area contributed by atoms with Crippen LogP contribution in [0, 0.1) is 0 Å². The second-order valence-corrected chi connectivity index (χ2v) is 6.46. The number of hydrogen-bond acceptors (Lipinski definition) is 4. The van der Waals surface area contributed by atoms with Crippen LogP contribution >= 0.6 is 0 Å². The Kier molecular flexibility index (Phi) is 6.01. The van der Waals surface area contributed by atoms with Crippen molar-refractivity contribution in [3.05, 3.63) is 59.2 Å². The number of amides is 1. The average molecular weight is 367 g/mol. The van der Waals surface area contributed by atoms with Crippen LogP contribution < -0.4 is 19.5 Å². The summed E-state index contributed by atoms with van der Waals surface area (Å²) in [5.41, 5.74) is 2.99. The standard InChI is InChI=1S/C22H25NO4/c1-4-26-20-13-18-11-15(2)27-21(18)12-17(20)7-10-22(24)23-14-16-5-8-19(25-3)9-6-16/h5-10,12-13,15H,4,11,14H2,1-3H3,(H,23,24)/b10-7+/t15-/m1/s1. The van der Waals surface area contributed by atoms with Gasteiger partial charge in [-0.15, -0.1) is 0 Å². The lowest BCUT2D eigenvalue weighted by molar-refractivity contribution is -0.116. The number of benzene rings is 2. The first-order valence-corrected chi connectivity index (χ1v) is 9.14. The molecule has 142 valence electrons. The molecule has 27 heavy (non-hydrogen) atoms. The third kappa shape index (κ3) is 4.82. The van der Waals surface area contributed by atoms with Gasteiger partial charge in [0.05, 0.1) is 13.7 Å². The Morgan fingerprint density at radius 2 is 2.07 bits per heavy atom. The van der Waals surface area contributed by atoms with E-state index in [-0.39, 0.29) is 12.0 Å². The fraction of sp³-hybridized carbons (Fsp3) is 0.318. The minimum Gasteiger partial charge on any atom is -0.497 e. The number of rotatable bonds is 7. The number of methoxy groups -OCH3 is 1. The molecule has 2 aromatic rings. The minimum atomic E-state index is -0.164. The van der Waals surface area contributed by atoms with E-state index in [9.17, 15) is 4.79 Å². The minimum absolute atomic E-state index is 0.164. The molecular weight excluding hydrogens is 342 g/mol. The molecule has 0 spiro atoms. The van der Waals surface area contributed by atoms with E-state index >= 15 is 0 Å². The van der Waals surface area contributed by atoms with E-state index in [4.69, 9.17) is 14.2 Å². The fourth-order valence-corrected chi connectivity index (χ4v) is 3.02. The van der Waals surface area contributed by atoms with Gasteiger partial charge < -0.3 is 19.5 Å². The van der Waals surface area contributed by atoms with Crippen LogP contribution in [0.25, 0.3) is 6.08 Å². The molecule has 1 atom stereocenters. The Hall–Kier alpha value is -2.95. The Labute approximate surface area is 159 Å². The Morgan fingerprint density at radius 1 is 1.30 bits per heavy atom. The normalized spacial score (nSPS) is 15.3. The second kappa shape index (κ2) is 8.62. The molecule has 0 aromatic heterocycles. The number of ether oxygens (including phenoxy) is 3. The molecule has 0 radical (unpaired) electrons. The van der Waals surface area contributed by atoms with E-state index in [0.717, 1.165) is 40.4 Å². The van der Waals surface area contributed by atoms with Gasteiger partial charge in [-0.25, -0.2) is 0 Å². The van der Waals surface area contributed by atoms with Crippen molar-refractivity contribution >= 4 is 12.0 Å². The second-order valence-electron chi connectivity index (χ2n) is 6.46. The molecule has 0 aliphatic carbocycles. The van der Waals surface area contributed by atoms with E-state index in [1.807, 2.05) is 50.2 Å². The number of carbonyl (C=O) groups excluding carboxylic acids is 1. The molecule has 1 amide bonds. The van der Waals surface area contributed by atoms with E-state index in [1.54, 1.807) is 13.2 Å². The molecular formula is C22H25NO4.